The Balaban J connectivity index is 2.18. The first kappa shape index (κ1) is 10.4. The second-order valence-corrected chi connectivity index (χ2v) is 3.48. The Kier molecular flexibility index (Phi) is 2.99. The van der Waals surface area contributed by atoms with Gasteiger partial charge in [0, 0.05) is 18.9 Å². The molecule has 1 heterocycles. The fourth-order valence-electron chi connectivity index (χ4n) is 1.56. The van der Waals surface area contributed by atoms with Crippen LogP contribution in [0.4, 0.5) is 0 Å². The van der Waals surface area contributed by atoms with Crippen molar-refractivity contribution >= 4 is 0 Å². The van der Waals surface area contributed by atoms with E-state index in [9.17, 15) is 0 Å². The maximum atomic E-state index is 8.69. The molecule has 0 aliphatic rings. The van der Waals surface area contributed by atoms with Crippen LogP contribution in [0.25, 0.3) is 0 Å². The standard InChI is InChI=1S/C12H12N4/c13-7-10-1-3-11(4-2-10)9-16-6-5-15-12(16)8-14/h1-6H,8-9,14H2. The monoisotopic (exact) mass is 212 g/mol. The van der Waals surface area contributed by atoms with Crippen LogP contribution in [0.1, 0.15) is 17.0 Å². The first-order chi connectivity index (χ1) is 7.83. The van der Waals surface area contributed by atoms with Crippen LogP contribution in [0.15, 0.2) is 36.7 Å². The van der Waals surface area contributed by atoms with Gasteiger partial charge in [-0.25, -0.2) is 4.98 Å². The Bertz CT molecular complexity index is 505. The molecule has 0 atom stereocenters. The third kappa shape index (κ3) is 2.10. The van der Waals surface area contributed by atoms with Crippen molar-refractivity contribution in [1.29, 1.82) is 5.26 Å². The highest BCUT2D eigenvalue weighted by Crippen LogP contribution is 2.07. The van der Waals surface area contributed by atoms with Crippen molar-refractivity contribution < 1.29 is 0 Å². The summed E-state index contributed by atoms with van der Waals surface area (Å²) in [5, 5.41) is 8.69. The fraction of sp³-hybridized carbons (Fsp3) is 0.167. The maximum absolute atomic E-state index is 8.69. The Morgan fingerprint density at radius 1 is 1.31 bits per heavy atom. The second kappa shape index (κ2) is 4.60. The Morgan fingerprint density at radius 2 is 2.06 bits per heavy atom. The van der Waals surface area contributed by atoms with Gasteiger partial charge >= 0.3 is 0 Å². The molecule has 0 bridgehead atoms. The molecule has 4 nitrogen and oxygen atoms in total. The second-order valence-electron chi connectivity index (χ2n) is 3.48. The number of nitrogens with zero attached hydrogens (tertiary/aromatic N) is 3. The minimum atomic E-state index is 0.434. The van der Waals surface area contributed by atoms with Crippen LogP contribution in [0.3, 0.4) is 0 Å². The van der Waals surface area contributed by atoms with Gasteiger partial charge in [0.1, 0.15) is 5.82 Å². The zero-order valence-corrected chi connectivity index (χ0v) is 8.80. The first-order valence-electron chi connectivity index (χ1n) is 5.02. The molecule has 0 spiro atoms. The number of nitriles is 1. The molecular weight excluding hydrogens is 200 g/mol. The molecule has 0 aliphatic heterocycles. The highest BCUT2D eigenvalue weighted by molar-refractivity contribution is 5.31. The lowest BCUT2D eigenvalue weighted by molar-refractivity contribution is 0.724. The Labute approximate surface area is 94.0 Å². The summed E-state index contributed by atoms with van der Waals surface area (Å²) in [6.45, 7) is 1.17. The smallest absolute Gasteiger partial charge is 0.122 e. The number of aromatic nitrogens is 2. The van der Waals surface area contributed by atoms with Crippen LogP contribution >= 0.6 is 0 Å². The molecule has 0 unspecified atom stereocenters. The van der Waals surface area contributed by atoms with E-state index in [0.717, 1.165) is 17.9 Å². The quantitative estimate of drug-likeness (QED) is 0.832. The summed E-state index contributed by atoms with van der Waals surface area (Å²) in [5.74, 6) is 0.865. The van der Waals surface area contributed by atoms with Gasteiger partial charge in [-0.3, -0.25) is 0 Å². The molecule has 0 fully saturated rings. The normalized spacial score (nSPS) is 10.0. The van der Waals surface area contributed by atoms with Crippen molar-refractivity contribution in [3.05, 3.63) is 53.6 Å². The third-order valence-corrected chi connectivity index (χ3v) is 2.42. The van der Waals surface area contributed by atoms with E-state index in [1.807, 2.05) is 35.0 Å². The molecule has 0 aliphatic carbocycles. The summed E-state index contributed by atoms with van der Waals surface area (Å²) in [4.78, 5) is 4.15. The minimum Gasteiger partial charge on any atom is -0.329 e. The molecule has 4 heteroatoms. The topological polar surface area (TPSA) is 67.6 Å². The minimum absolute atomic E-state index is 0.434. The van der Waals surface area contributed by atoms with E-state index >= 15 is 0 Å². The van der Waals surface area contributed by atoms with Crippen molar-refractivity contribution in [2.24, 2.45) is 5.73 Å². The average Bonchev–Trinajstić information content (AvgIpc) is 2.77. The molecule has 0 saturated carbocycles. The SMILES string of the molecule is N#Cc1ccc(Cn2ccnc2CN)cc1. The van der Waals surface area contributed by atoms with Gasteiger partial charge in [-0.15, -0.1) is 0 Å². The van der Waals surface area contributed by atoms with E-state index in [0.29, 0.717) is 12.1 Å². The summed E-state index contributed by atoms with van der Waals surface area (Å²) in [5.41, 5.74) is 7.37. The van der Waals surface area contributed by atoms with Crippen LogP contribution in [0, 0.1) is 11.3 Å². The summed E-state index contributed by atoms with van der Waals surface area (Å²) in [6, 6.07) is 9.61. The number of benzene rings is 1. The molecule has 1 aromatic carbocycles. The van der Waals surface area contributed by atoms with E-state index < -0.39 is 0 Å². The zero-order valence-electron chi connectivity index (χ0n) is 8.80. The average molecular weight is 212 g/mol. The number of nitrogens with two attached hydrogens (primary N) is 1. The van der Waals surface area contributed by atoms with Gasteiger partial charge in [-0.1, -0.05) is 12.1 Å². The maximum Gasteiger partial charge on any atom is 0.122 e. The first-order valence-corrected chi connectivity index (χ1v) is 5.02. The third-order valence-electron chi connectivity index (χ3n) is 2.42. The predicted molar refractivity (Wildman–Crippen MR) is 60.4 cm³/mol. The van der Waals surface area contributed by atoms with Crippen LogP contribution in [0.5, 0.6) is 0 Å². The van der Waals surface area contributed by atoms with Gasteiger partial charge in [-0.05, 0) is 17.7 Å². The predicted octanol–water partition coefficient (Wildman–Crippen LogP) is 1.26. The van der Waals surface area contributed by atoms with E-state index in [1.54, 1.807) is 6.20 Å². The molecule has 2 rings (SSSR count). The van der Waals surface area contributed by atoms with Gasteiger partial charge < -0.3 is 10.3 Å². The highest BCUT2D eigenvalue weighted by Gasteiger charge is 2.01. The lowest BCUT2D eigenvalue weighted by Crippen LogP contribution is -2.08. The Morgan fingerprint density at radius 3 is 2.69 bits per heavy atom. The lowest BCUT2D eigenvalue weighted by atomic mass is 10.1. The number of rotatable bonds is 3. The van der Waals surface area contributed by atoms with E-state index in [1.165, 1.54) is 0 Å². The number of imidazole rings is 1. The van der Waals surface area contributed by atoms with Crippen molar-refractivity contribution in [1.82, 2.24) is 9.55 Å². The van der Waals surface area contributed by atoms with Crippen molar-refractivity contribution in [2.75, 3.05) is 0 Å². The highest BCUT2D eigenvalue weighted by atomic mass is 15.1. The van der Waals surface area contributed by atoms with Crippen LogP contribution in [-0.2, 0) is 13.1 Å². The fourth-order valence-corrected chi connectivity index (χ4v) is 1.56. The van der Waals surface area contributed by atoms with E-state index in [4.69, 9.17) is 11.0 Å². The molecular formula is C12H12N4. The van der Waals surface area contributed by atoms with Gasteiger partial charge in [0.15, 0.2) is 0 Å². The molecule has 2 N–H and O–H groups in total. The summed E-state index contributed by atoms with van der Waals surface area (Å²) < 4.78 is 2.00. The molecule has 0 saturated heterocycles. The van der Waals surface area contributed by atoms with Crippen molar-refractivity contribution in [3.63, 3.8) is 0 Å². The summed E-state index contributed by atoms with van der Waals surface area (Å²) >= 11 is 0. The summed E-state index contributed by atoms with van der Waals surface area (Å²) in [6.07, 6.45) is 3.65. The molecule has 1 aromatic heterocycles. The number of hydrogen-bond acceptors (Lipinski definition) is 3. The van der Waals surface area contributed by atoms with Gasteiger partial charge in [-0.2, -0.15) is 5.26 Å². The number of hydrogen-bond donors (Lipinski definition) is 1. The largest absolute Gasteiger partial charge is 0.329 e. The van der Waals surface area contributed by atoms with E-state index in [2.05, 4.69) is 11.1 Å². The molecule has 0 amide bonds. The lowest BCUT2D eigenvalue weighted by Gasteiger charge is -2.06. The molecule has 80 valence electrons. The zero-order chi connectivity index (χ0) is 11.4. The molecule has 0 radical (unpaired) electrons. The molecule has 16 heavy (non-hydrogen) atoms. The van der Waals surface area contributed by atoms with Gasteiger partial charge in [0.05, 0.1) is 18.2 Å². The van der Waals surface area contributed by atoms with Crippen molar-refractivity contribution in [2.45, 2.75) is 13.1 Å². The molecule has 2 aromatic rings. The summed E-state index contributed by atoms with van der Waals surface area (Å²) in [7, 11) is 0. The van der Waals surface area contributed by atoms with Gasteiger partial charge in [0.25, 0.3) is 0 Å². The van der Waals surface area contributed by atoms with E-state index in [-0.39, 0.29) is 0 Å². The van der Waals surface area contributed by atoms with Crippen LogP contribution in [-0.4, -0.2) is 9.55 Å². The Hall–Kier alpha value is -2.12. The van der Waals surface area contributed by atoms with Gasteiger partial charge in [0.2, 0.25) is 0 Å². The van der Waals surface area contributed by atoms with Crippen LogP contribution < -0.4 is 5.73 Å². The van der Waals surface area contributed by atoms with Crippen LogP contribution in [0.2, 0.25) is 0 Å². The van der Waals surface area contributed by atoms with Crippen molar-refractivity contribution in [3.8, 4) is 6.07 Å².